The number of hydrogen-bond acceptors (Lipinski definition) is 7. The van der Waals surface area contributed by atoms with Crippen LogP contribution in [0.2, 0.25) is 0 Å². The van der Waals surface area contributed by atoms with E-state index in [9.17, 15) is 0 Å². The summed E-state index contributed by atoms with van der Waals surface area (Å²) in [6, 6.07) is 4.30. The van der Waals surface area contributed by atoms with E-state index >= 15 is 0 Å². The van der Waals surface area contributed by atoms with Crippen molar-refractivity contribution in [1.82, 2.24) is 19.9 Å². The number of pyridine rings is 1. The Hall–Kier alpha value is -2.41. The quantitative estimate of drug-likeness (QED) is 0.713. The molecule has 0 amide bonds. The predicted octanol–water partition coefficient (Wildman–Crippen LogP) is 2.83. The summed E-state index contributed by atoms with van der Waals surface area (Å²) in [5.74, 6) is 3.28. The van der Waals surface area contributed by atoms with Crippen molar-refractivity contribution in [3.63, 3.8) is 0 Å². The van der Waals surface area contributed by atoms with Crippen LogP contribution in [0.5, 0.6) is 5.88 Å². The van der Waals surface area contributed by atoms with Crippen molar-refractivity contribution in [3.05, 3.63) is 36.3 Å². The van der Waals surface area contributed by atoms with Gasteiger partial charge in [0.05, 0.1) is 19.0 Å². The fraction of sp³-hybridized carbons (Fsp3) is 0.591. The van der Waals surface area contributed by atoms with E-state index in [1.165, 1.54) is 31.2 Å². The first kappa shape index (κ1) is 19.9. The molecule has 7 heteroatoms. The summed E-state index contributed by atoms with van der Waals surface area (Å²) in [6.45, 7) is 5.34. The minimum absolute atomic E-state index is 0.648. The molecule has 0 spiro atoms. The van der Waals surface area contributed by atoms with Gasteiger partial charge in [-0.15, -0.1) is 0 Å². The summed E-state index contributed by atoms with van der Waals surface area (Å²) in [7, 11) is 4.15. The fourth-order valence-electron chi connectivity index (χ4n) is 4.17. The van der Waals surface area contributed by atoms with Gasteiger partial charge >= 0.3 is 0 Å². The number of hydrogen-bond donors (Lipinski definition) is 0. The maximum absolute atomic E-state index is 5.93. The zero-order valence-electron chi connectivity index (χ0n) is 17.6. The average molecular weight is 397 g/mol. The van der Waals surface area contributed by atoms with E-state index in [0.717, 1.165) is 51.0 Å². The Balaban J connectivity index is 1.30. The average Bonchev–Trinajstić information content (AvgIpc) is 3.27. The van der Waals surface area contributed by atoms with Crippen LogP contribution in [0.3, 0.4) is 0 Å². The van der Waals surface area contributed by atoms with Crippen LogP contribution >= 0.6 is 0 Å². The molecule has 0 atom stereocenters. The second kappa shape index (κ2) is 9.39. The second-order valence-corrected chi connectivity index (χ2v) is 8.41. The van der Waals surface area contributed by atoms with Gasteiger partial charge in [0.1, 0.15) is 5.82 Å². The van der Waals surface area contributed by atoms with Crippen LogP contribution in [0.4, 0.5) is 11.6 Å². The van der Waals surface area contributed by atoms with Crippen molar-refractivity contribution < 1.29 is 4.74 Å². The van der Waals surface area contributed by atoms with E-state index in [-0.39, 0.29) is 0 Å². The molecule has 0 bridgehead atoms. The lowest BCUT2D eigenvalue weighted by Crippen LogP contribution is -2.47. The van der Waals surface area contributed by atoms with Crippen molar-refractivity contribution >= 4 is 11.6 Å². The summed E-state index contributed by atoms with van der Waals surface area (Å²) in [4.78, 5) is 20.5. The summed E-state index contributed by atoms with van der Waals surface area (Å²) < 4.78 is 5.93. The highest BCUT2D eigenvalue weighted by Crippen LogP contribution is 2.25. The highest BCUT2D eigenvalue weighted by Gasteiger charge is 2.20. The van der Waals surface area contributed by atoms with Crippen LogP contribution in [0.25, 0.3) is 0 Å². The molecule has 2 aliphatic rings. The van der Waals surface area contributed by atoms with Crippen LogP contribution in [-0.4, -0.2) is 66.7 Å². The molecule has 156 valence electrons. The van der Waals surface area contributed by atoms with E-state index < -0.39 is 0 Å². The summed E-state index contributed by atoms with van der Waals surface area (Å²) in [6.07, 6.45) is 10.8. The summed E-state index contributed by atoms with van der Waals surface area (Å²) in [5.41, 5.74) is 1.24. The molecule has 4 rings (SSSR count). The molecular weight excluding hydrogens is 364 g/mol. The SMILES string of the molecule is CN(C)Cc1ccc(N2CCN(c3cncc(OCC4CCCC4)n3)CC2)nc1. The molecule has 7 nitrogen and oxygen atoms in total. The van der Waals surface area contributed by atoms with Crippen molar-refractivity contribution in [3.8, 4) is 5.88 Å². The van der Waals surface area contributed by atoms with E-state index in [1.807, 2.05) is 12.4 Å². The van der Waals surface area contributed by atoms with Gasteiger partial charge in [-0.3, -0.25) is 4.98 Å². The van der Waals surface area contributed by atoms with Crippen molar-refractivity contribution in [2.75, 3.05) is 56.7 Å². The molecule has 1 saturated carbocycles. The Labute approximate surface area is 173 Å². The number of piperazine rings is 1. The number of aromatic nitrogens is 3. The van der Waals surface area contributed by atoms with Crippen molar-refractivity contribution in [2.45, 2.75) is 32.2 Å². The summed E-state index contributed by atoms with van der Waals surface area (Å²) >= 11 is 0. The topological polar surface area (TPSA) is 57.6 Å². The minimum Gasteiger partial charge on any atom is -0.476 e. The molecule has 0 aromatic carbocycles. The molecule has 29 heavy (non-hydrogen) atoms. The number of nitrogens with zero attached hydrogens (tertiary/aromatic N) is 6. The normalized spacial score (nSPS) is 17.9. The molecule has 1 saturated heterocycles. The monoisotopic (exact) mass is 396 g/mol. The van der Waals surface area contributed by atoms with Gasteiger partial charge in [-0.2, -0.15) is 4.98 Å². The lowest BCUT2D eigenvalue weighted by atomic mass is 10.1. The van der Waals surface area contributed by atoms with Crippen LogP contribution in [0.1, 0.15) is 31.2 Å². The van der Waals surface area contributed by atoms with E-state index in [0.29, 0.717) is 11.8 Å². The first-order valence-corrected chi connectivity index (χ1v) is 10.7. The Morgan fingerprint density at radius 2 is 1.69 bits per heavy atom. The van der Waals surface area contributed by atoms with E-state index in [2.05, 4.69) is 50.9 Å². The molecule has 1 aliphatic carbocycles. The van der Waals surface area contributed by atoms with Gasteiger partial charge in [-0.1, -0.05) is 18.9 Å². The maximum Gasteiger partial charge on any atom is 0.234 e. The molecule has 2 aromatic rings. The first-order chi connectivity index (χ1) is 14.2. The predicted molar refractivity (Wildman–Crippen MR) is 116 cm³/mol. The standard InChI is InChI=1S/C22H32N6O/c1-26(2)16-19-7-8-20(24-13-19)27-9-11-28(12-10-27)21-14-23-15-22(25-21)29-17-18-5-3-4-6-18/h7-8,13-15,18H,3-6,9-12,16-17H2,1-2H3. The number of anilines is 2. The third-order valence-corrected chi connectivity index (χ3v) is 5.78. The fourth-order valence-corrected chi connectivity index (χ4v) is 4.17. The summed E-state index contributed by atoms with van der Waals surface area (Å²) in [5, 5.41) is 0. The van der Waals surface area contributed by atoms with Gasteiger partial charge in [0.2, 0.25) is 5.88 Å². The molecule has 2 fully saturated rings. The highest BCUT2D eigenvalue weighted by atomic mass is 16.5. The van der Waals surface area contributed by atoms with Gasteiger partial charge < -0.3 is 19.4 Å². The second-order valence-electron chi connectivity index (χ2n) is 8.41. The first-order valence-electron chi connectivity index (χ1n) is 10.7. The Morgan fingerprint density at radius 1 is 0.966 bits per heavy atom. The molecular formula is C22H32N6O. The zero-order chi connectivity index (χ0) is 20.1. The third-order valence-electron chi connectivity index (χ3n) is 5.78. The van der Waals surface area contributed by atoms with Crippen LogP contribution in [0, 0.1) is 5.92 Å². The number of rotatable bonds is 7. The largest absolute Gasteiger partial charge is 0.476 e. The Morgan fingerprint density at radius 3 is 2.34 bits per heavy atom. The van der Waals surface area contributed by atoms with E-state index in [4.69, 9.17) is 9.72 Å². The van der Waals surface area contributed by atoms with E-state index in [1.54, 1.807) is 6.20 Å². The van der Waals surface area contributed by atoms with Crippen LogP contribution < -0.4 is 14.5 Å². The smallest absolute Gasteiger partial charge is 0.234 e. The lowest BCUT2D eigenvalue weighted by molar-refractivity contribution is 0.242. The molecule has 0 N–H and O–H groups in total. The van der Waals surface area contributed by atoms with Gasteiger partial charge in [0, 0.05) is 38.9 Å². The van der Waals surface area contributed by atoms with Gasteiger partial charge in [-0.05, 0) is 44.5 Å². The minimum atomic E-state index is 0.648. The Kier molecular flexibility index (Phi) is 6.44. The maximum atomic E-state index is 5.93. The molecule has 3 heterocycles. The molecule has 0 radical (unpaired) electrons. The third kappa shape index (κ3) is 5.35. The van der Waals surface area contributed by atoms with Crippen molar-refractivity contribution in [2.24, 2.45) is 5.92 Å². The van der Waals surface area contributed by atoms with Gasteiger partial charge in [0.15, 0.2) is 5.82 Å². The van der Waals surface area contributed by atoms with Gasteiger partial charge in [-0.25, -0.2) is 4.98 Å². The van der Waals surface area contributed by atoms with Crippen molar-refractivity contribution in [1.29, 1.82) is 0 Å². The molecule has 2 aromatic heterocycles. The zero-order valence-corrected chi connectivity index (χ0v) is 17.6. The lowest BCUT2D eigenvalue weighted by Gasteiger charge is -2.36. The number of ether oxygens (including phenoxy) is 1. The molecule has 0 unspecified atom stereocenters. The van der Waals surface area contributed by atoms with Gasteiger partial charge in [0.25, 0.3) is 0 Å². The Bertz CT molecular complexity index is 767. The van der Waals surface area contributed by atoms with Crippen LogP contribution in [-0.2, 0) is 6.54 Å². The highest BCUT2D eigenvalue weighted by molar-refractivity contribution is 5.45. The molecule has 1 aliphatic heterocycles. The van der Waals surface area contributed by atoms with Crippen LogP contribution in [0.15, 0.2) is 30.7 Å².